The van der Waals surface area contributed by atoms with Crippen molar-refractivity contribution in [3.63, 3.8) is 0 Å². The lowest BCUT2D eigenvalue weighted by Crippen LogP contribution is -2.26. The maximum Gasteiger partial charge on any atom is 0.294 e. The van der Waals surface area contributed by atoms with Crippen molar-refractivity contribution in [1.29, 1.82) is 0 Å². The first kappa shape index (κ1) is 17.8. The standard InChI is InChI=1S/C10H11N3O7S2/c11-10(14)8-3-1-2-4-9(8)22-21-6-7(20-13(17)18)5-19-12(15)16/h1-4,7H,5-6H2,(H2,11,14). The highest BCUT2D eigenvalue weighted by Crippen LogP contribution is 2.34. The molecule has 1 unspecified atom stereocenters. The van der Waals surface area contributed by atoms with Gasteiger partial charge < -0.3 is 15.4 Å². The molecule has 1 rings (SSSR count). The largest absolute Gasteiger partial charge is 0.366 e. The molecule has 2 N–H and O–H groups in total. The Morgan fingerprint density at radius 2 is 1.95 bits per heavy atom. The van der Waals surface area contributed by atoms with Gasteiger partial charge in [0.2, 0.25) is 5.91 Å². The first-order valence-electron chi connectivity index (χ1n) is 5.67. The van der Waals surface area contributed by atoms with Crippen molar-refractivity contribution in [2.45, 2.75) is 11.0 Å². The van der Waals surface area contributed by atoms with Crippen LogP contribution >= 0.6 is 21.6 Å². The summed E-state index contributed by atoms with van der Waals surface area (Å²) < 4.78 is 0. The van der Waals surface area contributed by atoms with Gasteiger partial charge in [-0.3, -0.25) is 4.79 Å². The fraction of sp³-hybridized carbons (Fsp3) is 0.300. The average molecular weight is 349 g/mol. The van der Waals surface area contributed by atoms with Crippen LogP contribution in [-0.2, 0) is 9.68 Å². The second-order valence-corrected chi connectivity index (χ2v) is 6.08. The number of hydrogen-bond donors (Lipinski definition) is 1. The van der Waals surface area contributed by atoms with Crippen LogP contribution in [0.5, 0.6) is 0 Å². The van der Waals surface area contributed by atoms with Crippen LogP contribution in [0.25, 0.3) is 0 Å². The molecule has 1 aromatic rings. The number of primary amides is 1. The molecule has 0 heterocycles. The summed E-state index contributed by atoms with van der Waals surface area (Å²) in [7, 11) is 2.27. The van der Waals surface area contributed by atoms with Crippen LogP contribution in [0.4, 0.5) is 0 Å². The van der Waals surface area contributed by atoms with Gasteiger partial charge in [-0.1, -0.05) is 33.7 Å². The van der Waals surface area contributed by atoms with Crippen LogP contribution in [0.15, 0.2) is 29.2 Å². The zero-order valence-electron chi connectivity index (χ0n) is 10.9. The summed E-state index contributed by atoms with van der Waals surface area (Å²) in [6, 6.07) is 6.56. The Morgan fingerprint density at radius 1 is 1.27 bits per heavy atom. The Morgan fingerprint density at radius 3 is 2.55 bits per heavy atom. The molecule has 10 nitrogen and oxygen atoms in total. The average Bonchev–Trinajstić information content (AvgIpc) is 2.44. The van der Waals surface area contributed by atoms with E-state index in [-0.39, 0.29) is 5.75 Å². The van der Waals surface area contributed by atoms with Crippen LogP contribution < -0.4 is 5.73 Å². The summed E-state index contributed by atoms with van der Waals surface area (Å²) >= 11 is 0. The fourth-order valence-corrected chi connectivity index (χ4v) is 3.66. The molecule has 0 aliphatic rings. The van der Waals surface area contributed by atoms with E-state index in [1.54, 1.807) is 24.3 Å². The number of rotatable bonds is 10. The molecule has 0 saturated carbocycles. The van der Waals surface area contributed by atoms with Crippen molar-refractivity contribution in [2.75, 3.05) is 12.4 Å². The highest BCUT2D eigenvalue weighted by molar-refractivity contribution is 8.76. The number of nitrogens with two attached hydrogens (primary N) is 1. The van der Waals surface area contributed by atoms with Crippen molar-refractivity contribution in [3.8, 4) is 0 Å². The minimum absolute atomic E-state index is 0.0343. The van der Waals surface area contributed by atoms with Crippen molar-refractivity contribution in [1.82, 2.24) is 0 Å². The van der Waals surface area contributed by atoms with Gasteiger partial charge in [0, 0.05) is 10.6 Å². The Balaban J connectivity index is 2.56. The number of carbonyl (C=O) groups excluding carboxylic acids is 1. The van der Waals surface area contributed by atoms with Gasteiger partial charge in [-0.2, -0.15) is 0 Å². The van der Waals surface area contributed by atoms with Crippen LogP contribution in [0, 0.1) is 20.2 Å². The fourth-order valence-electron chi connectivity index (χ4n) is 1.29. The minimum Gasteiger partial charge on any atom is -0.366 e. The van der Waals surface area contributed by atoms with Crippen LogP contribution in [-0.4, -0.2) is 34.5 Å². The third-order valence-corrected chi connectivity index (χ3v) is 4.62. The maximum atomic E-state index is 11.2. The Kier molecular flexibility index (Phi) is 7.25. The summed E-state index contributed by atoms with van der Waals surface area (Å²) in [6.07, 6.45) is -1.11. The van der Waals surface area contributed by atoms with Crippen LogP contribution in [0.1, 0.15) is 10.4 Å². The Bertz CT molecular complexity index is 557. The van der Waals surface area contributed by atoms with Crippen molar-refractivity contribution in [2.24, 2.45) is 5.73 Å². The van der Waals surface area contributed by atoms with Gasteiger partial charge in [0.15, 0.2) is 0 Å². The lowest BCUT2D eigenvalue weighted by atomic mass is 10.2. The SMILES string of the molecule is NC(=O)c1ccccc1SSCC(CO[N+](=O)[O-])O[N+](=O)[O-]. The summed E-state index contributed by atoms with van der Waals surface area (Å²) in [6.45, 7) is -0.570. The zero-order chi connectivity index (χ0) is 16.5. The molecular weight excluding hydrogens is 338 g/mol. The van der Waals surface area contributed by atoms with E-state index in [0.29, 0.717) is 10.5 Å². The van der Waals surface area contributed by atoms with Crippen LogP contribution in [0.3, 0.4) is 0 Å². The van der Waals surface area contributed by atoms with E-state index in [9.17, 15) is 25.0 Å². The first-order valence-corrected chi connectivity index (χ1v) is 7.98. The molecule has 1 amide bonds. The smallest absolute Gasteiger partial charge is 0.294 e. The number of benzene rings is 1. The van der Waals surface area contributed by atoms with Crippen molar-refractivity contribution >= 4 is 27.5 Å². The molecule has 1 atom stereocenters. The molecule has 0 bridgehead atoms. The lowest BCUT2D eigenvalue weighted by molar-refractivity contribution is -0.788. The van der Waals surface area contributed by atoms with E-state index < -0.39 is 28.8 Å². The number of carbonyl (C=O) groups is 1. The van der Waals surface area contributed by atoms with Gasteiger partial charge in [0.1, 0.15) is 12.7 Å². The molecule has 0 aromatic heterocycles. The van der Waals surface area contributed by atoms with E-state index in [1.165, 1.54) is 0 Å². The van der Waals surface area contributed by atoms with Crippen LogP contribution in [0.2, 0.25) is 0 Å². The lowest BCUT2D eigenvalue weighted by Gasteiger charge is -2.13. The van der Waals surface area contributed by atoms with Gasteiger partial charge >= 0.3 is 0 Å². The van der Waals surface area contributed by atoms with Gasteiger partial charge in [-0.25, -0.2) is 0 Å². The van der Waals surface area contributed by atoms with E-state index in [4.69, 9.17) is 5.73 Å². The maximum absolute atomic E-state index is 11.2. The highest BCUT2D eigenvalue weighted by atomic mass is 33.1. The molecule has 0 spiro atoms. The number of hydrogen-bond acceptors (Lipinski definition) is 9. The van der Waals surface area contributed by atoms with E-state index in [2.05, 4.69) is 9.68 Å². The molecule has 0 radical (unpaired) electrons. The molecule has 0 aliphatic heterocycles. The second-order valence-electron chi connectivity index (χ2n) is 3.70. The van der Waals surface area contributed by atoms with Gasteiger partial charge in [-0.05, 0) is 12.1 Å². The number of nitrogens with zero attached hydrogens (tertiary/aromatic N) is 2. The molecule has 0 saturated heterocycles. The Labute approximate surface area is 131 Å². The third-order valence-electron chi connectivity index (χ3n) is 2.16. The predicted octanol–water partition coefficient (Wildman–Crippen LogP) is 1.31. The van der Waals surface area contributed by atoms with Gasteiger partial charge in [0.25, 0.3) is 10.2 Å². The molecular formula is C10H11N3O7S2. The molecule has 0 fully saturated rings. The van der Waals surface area contributed by atoms with Crippen molar-refractivity contribution in [3.05, 3.63) is 50.1 Å². The quantitative estimate of drug-likeness (QED) is 0.375. The van der Waals surface area contributed by atoms with E-state index in [1.807, 2.05) is 0 Å². The van der Waals surface area contributed by atoms with E-state index in [0.717, 1.165) is 21.6 Å². The van der Waals surface area contributed by atoms with Gasteiger partial charge in [0.05, 0.1) is 5.56 Å². The summed E-state index contributed by atoms with van der Waals surface area (Å²) in [5.74, 6) is -0.564. The monoisotopic (exact) mass is 349 g/mol. The highest BCUT2D eigenvalue weighted by Gasteiger charge is 2.17. The number of amides is 1. The molecule has 1 aromatic carbocycles. The normalized spacial score (nSPS) is 11.5. The van der Waals surface area contributed by atoms with Gasteiger partial charge in [-0.15, -0.1) is 20.2 Å². The zero-order valence-corrected chi connectivity index (χ0v) is 12.6. The topological polar surface area (TPSA) is 148 Å². The predicted molar refractivity (Wildman–Crippen MR) is 78.1 cm³/mol. The summed E-state index contributed by atoms with van der Waals surface area (Å²) in [5, 5.41) is 18.3. The third kappa shape index (κ3) is 6.49. The summed E-state index contributed by atoms with van der Waals surface area (Å²) in [5.41, 5.74) is 5.54. The molecule has 0 aliphatic carbocycles. The Hall–Kier alpha value is -2.21. The van der Waals surface area contributed by atoms with Crippen molar-refractivity contribution < 1.29 is 24.6 Å². The molecule has 22 heavy (non-hydrogen) atoms. The summed E-state index contributed by atoms with van der Waals surface area (Å²) in [4.78, 5) is 40.6. The van der Waals surface area contributed by atoms with E-state index >= 15 is 0 Å². The second kappa shape index (κ2) is 8.94. The first-order chi connectivity index (χ1) is 10.4. The molecule has 12 heteroatoms. The molecule has 120 valence electrons. The minimum atomic E-state index is -1.11.